The van der Waals surface area contributed by atoms with E-state index in [4.69, 9.17) is 0 Å². The Labute approximate surface area is 111 Å². The molecule has 0 spiro atoms. The SMILES string of the molecule is O=C(c1cc(=O)[nH]c(C2CC2)n1)N1CCC1C(F)(F)F. The third kappa shape index (κ3) is 2.30. The fraction of sp³-hybridized carbons (Fsp3) is 0.583. The Bertz CT molecular complexity index is 607. The van der Waals surface area contributed by atoms with E-state index in [9.17, 15) is 22.8 Å². The van der Waals surface area contributed by atoms with Gasteiger partial charge in [0.1, 0.15) is 17.6 Å². The van der Waals surface area contributed by atoms with E-state index in [1.807, 2.05) is 0 Å². The van der Waals surface area contributed by atoms with Gasteiger partial charge in [0.25, 0.3) is 11.5 Å². The van der Waals surface area contributed by atoms with E-state index in [1.54, 1.807) is 0 Å². The van der Waals surface area contributed by atoms with Crippen LogP contribution in [-0.4, -0.2) is 39.5 Å². The van der Waals surface area contributed by atoms with Crippen molar-refractivity contribution in [2.45, 2.75) is 37.4 Å². The Hall–Kier alpha value is -1.86. The molecule has 0 bridgehead atoms. The Morgan fingerprint density at radius 1 is 1.35 bits per heavy atom. The number of rotatable bonds is 2. The van der Waals surface area contributed by atoms with Crippen LogP contribution in [0.3, 0.4) is 0 Å². The van der Waals surface area contributed by atoms with Crippen LogP contribution in [0.15, 0.2) is 10.9 Å². The molecule has 8 heteroatoms. The zero-order valence-corrected chi connectivity index (χ0v) is 10.4. The summed E-state index contributed by atoms with van der Waals surface area (Å²) >= 11 is 0. The van der Waals surface area contributed by atoms with Gasteiger partial charge in [-0.1, -0.05) is 0 Å². The van der Waals surface area contributed by atoms with Crippen LogP contribution in [0.4, 0.5) is 13.2 Å². The molecule has 1 unspecified atom stereocenters. The lowest BCUT2D eigenvalue weighted by Crippen LogP contribution is -2.58. The van der Waals surface area contributed by atoms with Crippen molar-refractivity contribution >= 4 is 5.91 Å². The molecule has 20 heavy (non-hydrogen) atoms. The minimum absolute atomic E-state index is 0.0379. The standard InChI is InChI=1S/C12H12F3N3O2/c13-12(14,15)8-3-4-18(8)11(20)7-5-9(19)17-10(16-7)6-1-2-6/h5-6,8H,1-4H2,(H,16,17,19). The Morgan fingerprint density at radius 3 is 2.55 bits per heavy atom. The number of hydrogen-bond acceptors (Lipinski definition) is 3. The number of hydrogen-bond donors (Lipinski definition) is 1. The normalized spacial score (nSPS) is 22.6. The second kappa shape index (κ2) is 4.32. The van der Waals surface area contributed by atoms with Gasteiger partial charge in [0.15, 0.2) is 0 Å². The third-order valence-electron chi connectivity index (χ3n) is 3.60. The summed E-state index contributed by atoms with van der Waals surface area (Å²) in [5.74, 6) is -0.318. The summed E-state index contributed by atoms with van der Waals surface area (Å²) in [5.41, 5.74) is -0.709. The van der Waals surface area contributed by atoms with Gasteiger partial charge in [-0.3, -0.25) is 9.59 Å². The first-order valence-corrected chi connectivity index (χ1v) is 6.35. The number of aromatic nitrogens is 2. The van der Waals surface area contributed by atoms with Crippen LogP contribution in [0.25, 0.3) is 0 Å². The molecule has 1 N–H and O–H groups in total. The summed E-state index contributed by atoms with van der Waals surface area (Å²) in [6, 6.07) is -0.805. The molecule has 108 valence electrons. The molecule has 3 rings (SSSR count). The van der Waals surface area contributed by atoms with Crippen molar-refractivity contribution in [3.05, 3.63) is 27.9 Å². The van der Waals surface area contributed by atoms with Gasteiger partial charge in [-0.25, -0.2) is 4.98 Å². The second-order valence-electron chi connectivity index (χ2n) is 5.13. The minimum atomic E-state index is -4.44. The summed E-state index contributed by atoms with van der Waals surface area (Å²) in [6.45, 7) is 0.0379. The van der Waals surface area contributed by atoms with Gasteiger partial charge in [-0.2, -0.15) is 13.2 Å². The van der Waals surface area contributed by atoms with Crippen molar-refractivity contribution in [1.29, 1.82) is 0 Å². The number of amides is 1. The lowest BCUT2D eigenvalue weighted by molar-refractivity contribution is -0.199. The quantitative estimate of drug-likeness (QED) is 0.894. The van der Waals surface area contributed by atoms with Crippen LogP contribution in [0, 0.1) is 0 Å². The summed E-state index contributed by atoms with van der Waals surface area (Å²) < 4.78 is 37.9. The number of nitrogens with zero attached hydrogens (tertiary/aromatic N) is 2. The van der Waals surface area contributed by atoms with Gasteiger partial charge in [-0.05, 0) is 19.3 Å². The van der Waals surface area contributed by atoms with Crippen molar-refractivity contribution < 1.29 is 18.0 Å². The van der Waals surface area contributed by atoms with Crippen LogP contribution < -0.4 is 5.56 Å². The lowest BCUT2D eigenvalue weighted by Gasteiger charge is -2.41. The molecule has 1 atom stereocenters. The molecular formula is C12H12F3N3O2. The topological polar surface area (TPSA) is 66.1 Å². The first-order valence-electron chi connectivity index (χ1n) is 6.35. The van der Waals surface area contributed by atoms with Gasteiger partial charge in [0.05, 0.1) is 0 Å². The fourth-order valence-electron chi connectivity index (χ4n) is 2.25. The van der Waals surface area contributed by atoms with Crippen LogP contribution in [0.2, 0.25) is 0 Å². The Balaban J connectivity index is 1.86. The smallest absolute Gasteiger partial charge is 0.325 e. The Kier molecular flexibility index (Phi) is 2.84. The number of H-pyrrole nitrogens is 1. The molecule has 1 saturated heterocycles. The number of likely N-dealkylation sites (tertiary alicyclic amines) is 1. The van der Waals surface area contributed by atoms with Crippen LogP contribution in [-0.2, 0) is 0 Å². The van der Waals surface area contributed by atoms with Crippen molar-refractivity contribution in [2.24, 2.45) is 0 Å². The highest BCUT2D eigenvalue weighted by Gasteiger charge is 2.51. The molecule has 1 aromatic rings. The zero-order valence-electron chi connectivity index (χ0n) is 10.4. The number of nitrogens with one attached hydrogen (secondary N) is 1. The molecule has 1 saturated carbocycles. The van der Waals surface area contributed by atoms with E-state index in [2.05, 4.69) is 9.97 Å². The van der Waals surface area contributed by atoms with E-state index >= 15 is 0 Å². The molecule has 1 aliphatic carbocycles. The summed E-state index contributed by atoms with van der Waals surface area (Å²) in [4.78, 5) is 30.8. The first kappa shape index (κ1) is 13.1. The monoisotopic (exact) mass is 287 g/mol. The Morgan fingerprint density at radius 2 is 2.05 bits per heavy atom. The molecule has 5 nitrogen and oxygen atoms in total. The predicted octanol–water partition coefficient (Wildman–Crippen LogP) is 1.42. The average molecular weight is 287 g/mol. The summed E-state index contributed by atoms with van der Waals surface area (Å²) in [5, 5.41) is 0. The summed E-state index contributed by atoms with van der Waals surface area (Å²) in [6.07, 6.45) is -2.80. The van der Waals surface area contributed by atoms with Crippen LogP contribution >= 0.6 is 0 Å². The third-order valence-corrected chi connectivity index (χ3v) is 3.60. The van der Waals surface area contributed by atoms with E-state index in [1.165, 1.54) is 0 Å². The maximum atomic E-state index is 12.6. The van der Waals surface area contributed by atoms with Gasteiger partial charge in [0.2, 0.25) is 0 Å². The molecule has 1 amide bonds. The van der Waals surface area contributed by atoms with E-state index in [0.717, 1.165) is 23.8 Å². The minimum Gasteiger partial charge on any atom is -0.325 e. The summed E-state index contributed by atoms with van der Waals surface area (Å²) in [7, 11) is 0. The molecular weight excluding hydrogens is 275 g/mol. The molecule has 1 aliphatic heterocycles. The maximum absolute atomic E-state index is 12.6. The van der Waals surface area contributed by atoms with Gasteiger partial charge in [0, 0.05) is 18.5 Å². The van der Waals surface area contributed by atoms with Crippen LogP contribution in [0.5, 0.6) is 0 Å². The number of alkyl halides is 3. The van der Waals surface area contributed by atoms with Crippen molar-refractivity contribution in [3.8, 4) is 0 Å². The number of aromatic amines is 1. The van der Waals surface area contributed by atoms with E-state index < -0.39 is 23.7 Å². The predicted molar refractivity (Wildman–Crippen MR) is 62.3 cm³/mol. The maximum Gasteiger partial charge on any atom is 0.408 e. The lowest BCUT2D eigenvalue weighted by atomic mass is 10.0. The van der Waals surface area contributed by atoms with Crippen molar-refractivity contribution in [3.63, 3.8) is 0 Å². The molecule has 0 radical (unpaired) electrons. The molecule has 2 fully saturated rings. The zero-order chi connectivity index (χ0) is 14.5. The van der Waals surface area contributed by atoms with E-state index in [0.29, 0.717) is 5.82 Å². The second-order valence-corrected chi connectivity index (χ2v) is 5.13. The van der Waals surface area contributed by atoms with Crippen LogP contribution in [0.1, 0.15) is 41.5 Å². The fourth-order valence-corrected chi connectivity index (χ4v) is 2.25. The highest BCUT2D eigenvalue weighted by Crippen LogP contribution is 2.38. The highest BCUT2D eigenvalue weighted by atomic mass is 19.4. The van der Waals surface area contributed by atoms with Gasteiger partial charge >= 0.3 is 6.18 Å². The number of carbonyl (C=O) groups excluding carboxylic acids is 1. The highest BCUT2D eigenvalue weighted by molar-refractivity contribution is 5.93. The van der Waals surface area contributed by atoms with Gasteiger partial charge in [-0.15, -0.1) is 0 Å². The molecule has 0 aromatic carbocycles. The van der Waals surface area contributed by atoms with E-state index in [-0.39, 0.29) is 24.6 Å². The first-order chi connectivity index (χ1) is 9.36. The number of carbonyl (C=O) groups is 1. The molecule has 2 aliphatic rings. The van der Waals surface area contributed by atoms with Crippen molar-refractivity contribution in [1.82, 2.24) is 14.9 Å². The van der Waals surface area contributed by atoms with Gasteiger partial charge < -0.3 is 9.88 Å². The average Bonchev–Trinajstić information content (AvgIpc) is 3.07. The molecule has 2 heterocycles. The molecule has 1 aromatic heterocycles. The van der Waals surface area contributed by atoms with Crippen molar-refractivity contribution in [2.75, 3.05) is 6.54 Å². The largest absolute Gasteiger partial charge is 0.408 e. The number of halogens is 3.